The Labute approximate surface area is 112 Å². The Bertz CT molecular complexity index is 471. The van der Waals surface area contributed by atoms with E-state index >= 15 is 0 Å². The van der Waals surface area contributed by atoms with Crippen molar-refractivity contribution in [1.82, 2.24) is 5.32 Å². The van der Waals surface area contributed by atoms with Crippen LogP contribution < -0.4 is 5.32 Å². The lowest BCUT2D eigenvalue weighted by atomic mass is 10.1. The molecule has 0 aliphatic rings. The van der Waals surface area contributed by atoms with Gasteiger partial charge in [0.05, 0.1) is 5.56 Å². The topological polar surface area (TPSA) is 86.6 Å². The number of carbonyl (C=O) groups excluding carboxylic acids is 1. The van der Waals surface area contributed by atoms with Gasteiger partial charge in [-0.2, -0.15) is 0 Å². The normalized spacial score (nSPS) is 11.9. The summed E-state index contributed by atoms with van der Waals surface area (Å²) < 4.78 is 0. The second-order valence-electron chi connectivity index (χ2n) is 4.68. The first kappa shape index (κ1) is 15.0. The quantitative estimate of drug-likeness (QED) is 0.735. The number of nitrogens with one attached hydrogen (secondary N) is 1. The lowest BCUT2D eigenvalue weighted by Crippen LogP contribution is -2.32. The monoisotopic (exact) mass is 265 g/mol. The summed E-state index contributed by atoms with van der Waals surface area (Å²) in [5.74, 6) is -1.24. The van der Waals surface area contributed by atoms with Crippen LogP contribution >= 0.6 is 0 Å². The molecular weight excluding hydrogens is 246 g/mol. The molecule has 19 heavy (non-hydrogen) atoms. The largest absolute Gasteiger partial charge is 0.507 e. The molecule has 0 aliphatic heterocycles. The van der Waals surface area contributed by atoms with Gasteiger partial charge in [-0.05, 0) is 38.8 Å². The van der Waals surface area contributed by atoms with Crippen molar-refractivity contribution in [2.75, 3.05) is 0 Å². The van der Waals surface area contributed by atoms with Crippen LogP contribution in [-0.2, 0) is 4.79 Å². The van der Waals surface area contributed by atoms with Gasteiger partial charge in [0.2, 0.25) is 0 Å². The first-order chi connectivity index (χ1) is 8.90. The first-order valence-electron chi connectivity index (χ1n) is 6.22. The van der Waals surface area contributed by atoms with Crippen molar-refractivity contribution in [1.29, 1.82) is 0 Å². The van der Waals surface area contributed by atoms with Gasteiger partial charge in [-0.15, -0.1) is 0 Å². The minimum absolute atomic E-state index is 0.0548. The van der Waals surface area contributed by atoms with Crippen LogP contribution in [0.1, 0.15) is 42.1 Å². The number of benzene rings is 1. The molecule has 0 bridgehead atoms. The Morgan fingerprint density at radius 1 is 1.37 bits per heavy atom. The van der Waals surface area contributed by atoms with Gasteiger partial charge < -0.3 is 15.5 Å². The van der Waals surface area contributed by atoms with Crippen LogP contribution in [-0.4, -0.2) is 28.1 Å². The zero-order valence-electron chi connectivity index (χ0n) is 11.1. The van der Waals surface area contributed by atoms with Crippen LogP contribution in [0.4, 0.5) is 0 Å². The maximum atomic E-state index is 11.9. The molecular formula is C14H19NO4. The number of carboxylic acids is 1. The van der Waals surface area contributed by atoms with Crippen molar-refractivity contribution in [2.45, 2.75) is 39.2 Å². The Balaban J connectivity index is 2.54. The number of amides is 1. The van der Waals surface area contributed by atoms with E-state index in [9.17, 15) is 14.7 Å². The van der Waals surface area contributed by atoms with E-state index in [1.54, 1.807) is 12.1 Å². The third-order valence-electron chi connectivity index (χ3n) is 2.80. The van der Waals surface area contributed by atoms with Gasteiger partial charge in [-0.3, -0.25) is 9.59 Å². The fourth-order valence-electron chi connectivity index (χ4n) is 1.76. The Hall–Kier alpha value is -2.04. The SMILES string of the molecule is Cc1ccc(O)c(C(=O)NC(C)CCCC(=O)O)c1. The van der Waals surface area contributed by atoms with Gasteiger partial charge in [0, 0.05) is 12.5 Å². The standard InChI is InChI=1S/C14H19NO4/c1-9-6-7-12(16)11(8-9)14(19)15-10(2)4-3-5-13(17)18/h6-8,10,16H,3-5H2,1-2H3,(H,15,19)(H,17,18). The zero-order valence-corrected chi connectivity index (χ0v) is 11.1. The van der Waals surface area contributed by atoms with Crippen LogP contribution in [0.3, 0.4) is 0 Å². The van der Waals surface area contributed by atoms with Crippen LogP contribution in [0, 0.1) is 6.92 Å². The molecule has 0 spiro atoms. The fraction of sp³-hybridized carbons (Fsp3) is 0.429. The molecule has 1 atom stereocenters. The molecule has 0 radical (unpaired) electrons. The van der Waals surface area contributed by atoms with E-state index in [1.165, 1.54) is 6.07 Å². The molecule has 1 aromatic rings. The van der Waals surface area contributed by atoms with E-state index in [1.807, 2.05) is 13.8 Å². The van der Waals surface area contributed by atoms with Gasteiger partial charge >= 0.3 is 5.97 Å². The molecule has 5 heteroatoms. The third-order valence-corrected chi connectivity index (χ3v) is 2.80. The summed E-state index contributed by atoms with van der Waals surface area (Å²) in [6.45, 7) is 3.65. The molecule has 1 aromatic carbocycles. The minimum atomic E-state index is -0.838. The number of carboxylic acid groups (broad SMARTS) is 1. The summed E-state index contributed by atoms with van der Waals surface area (Å²) in [5, 5.41) is 20.9. The highest BCUT2D eigenvalue weighted by Gasteiger charge is 2.14. The molecule has 3 N–H and O–H groups in total. The predicted octanol–water partition coefficient (Wildman–Crippen LogP) is 2.07. The van der Waals surface area contributed by atoms with Crippen molar-refractivity contribution >= 4 is 11.9 Å². The van der Waals surface area contributed by atoms with Crippen molar-refractivity contribution in [2.24, 2.45) is 0 Å². The van der Waals surface area contributed by atoms with Crippen LogP contribution in [0.2, 0.25) is 0 Å². The summed E-state index contributed by atoms with van der Waals surface area (Å²) in [7, 11) is 0. The number of hydrogen-bond donors (Lipinski definition) is 3. The van der Waals surface area contributed by atoms with E-state index in [-0.39, 0.29) is 29.7 Å². The molecule has 0 saturated heterocycles. The number of aryl methyl sites for hydroxylation is 1. The molecule has 104 valence electrons. The van der Waals surface area contributed by atoms with Crippen LogP contribution in [0.5, 0.6) is 5.75 Å². The molecule has 0 aliphatic carbocycles. The number of hydrogen-bond acceptors (Lipinski definition) is 3. The van der Waals surface area contributed by atoms with Crippen LogP contribution in [0.25, 0.3) is 0 Å². The van der Waals surface area contributed by atoms with E-state index < -0.39 is 5.97 Å². The summed E-state index contributed by atoms with van der Waals surface area (Å²) in [4.78, 5) is 22.3. The highest BCUT2D eigenvalue weighted by Crippen LogP contribution is 2.18. The summed E-state index contributed by atoms with van der Waals surface area (Å²) >= 11 is 0. The molecule has 0 aromatic heterocycles. The lowest BCUT2D eigenvalue weighted by molar-refractivity contribution is -0.137. The van der Waals surface area contributed by atoms with Gasteiger partial charge in [0.15, 0.2) is 0 Å². The van der Waals surface area contributed by atoms with Gasteiger partial charge in [-0.1, -0.05) is 11.6 Å². The summed E-state index contributed by atoms with van der Waals surface area (Å²) in [6.07, 6.45) is 1.19. The molecule has 1 unspecified atom stereocenters. The fourth-order valence-corrected chi connectivity index (χ4v) is 1.76. The number of aliphatic carboxylic acids is 1. The summed E-state index contributed by atoms with van der Waals surface area (Å²) in [5.41, 5.74) is 1.13. The number of rotatable bonds is 6. The summed E-state index contributed by atoms with van der Waals surface area (Å²) in [6, 6.07) is 4.70. The molecule has 0 fully saturated rings. The van der Waals surface area contributed by atoms with Crippen molar-refractivity contribution in [3.05, 3.63) is 29.3 Å². The number of aromatic hydroxyl groups is 1. The van der Waals surface area contributed by atoms with Gasteiger partial charge in [-0.25, -0.2) is 0 Å². The first-order valence-corrected chi connectivity index (χ1v) is 6.22. The number of phenols is 1. The Morgan fingerprint density at radius 2 is 2.05 bits per heavy atom. The average Bonchev–Trinajstić information content (AvgIpc) is 2.31. The van der Waals surface area contributed by atoms with E-state index in [4.69, 9.17) is 5.11 Å². The molecule has 0 saturated carbocycles. The lowest BCUT2D eigenvalue weighted by Gasteiger charge is -2.14. The van der Waals surface area contributed by atoms with Crippen molar-refractivity contribution in [3.8, 4) is 5.75 Å². The maximum Gasteiger partial charge on any atom is 0.303 e. The predicted molar refractivity (Wildman–Crippen MR) is 71.3 cm³/mol. The minimum Gasteiger partial charge on any atom is -0.507 e. The zero-order chi connectivity index (χ0) is 14.4. The van der Waals surface area contributed by atoms with Gasteiger partial charge in [0.1, 0.15) is 5.75 Å². The number of carbonyl (C=O) groups is 2. The van der Waals surface area contributed by atoms with E-state index in [0.29, 0.717) is 12.8 Å². The van der Waals surface area contributed by atoms with Crippen molar-refractivity contribution in [3.63, 3.8) is 0 Å². The maximum absolute atomic E-state index is 11.9. The van der Waals surface area contributed by atoms with E-state index in [0.717, 1.165) is 5.56 Å². The highest BCUT2D eigenvalue weighted by molar-refractivity contribution is 5.97. The Morgan fingerprint density at radius 3 is 2.68 bits per heavy atom. The third kappa shape index (κ3) is 4.99. The average molecular weight is 265 g/mol. The van der Waals surface area contributed by atoms with E-state index in [2.05, 4.69) is 5.32 Å². The molecule has 1 amide bonds. The molecule has 1 rings (SSSR count). The second kappa shape index (κ2) is 6.78. The van der Waals surface area contributed by atoms with Crippen LogP contribution in [0.15, 0.2) is 18.2 Å². The van der Waals surface area contributed by atoms with Crippen molar-refractivity contribution < 1.29 is 19.8 Å². The highest BCUT2D eigenvalue weighted by atomic mass is 16.4. The second-order valence-corrected chi connectivity index (χ2v) is 4.68. The smallest absolute Gasteiger partial charge is 0.303 e. The van der Waals surface area contributed by atoms with Gasteiger partial charge in [0.25, 0.3) is 5.91 Å². The number of phenolic OH excluding ortho intramolecular Hbond substituents is 1. The molecule has 5 nitrogen and oxygen atoms in total. The Kier molecular flexibility index (Phi) is 5.36. The molecule has 0 heterocycles.